The van der Waals surface area contributed by atoms with Gasteiger partial charge in [-0.2, -0.15) is 5.10 Å². The highest BCUT2D eigenvalue weighted by Gasteiger charge is 2.18. The SMILES string of the molecule is C[C@H](Oc1cc(-c2nn(C)c3c(I)cnc(N)c23)ccc1N)c1ccc(F)cc1. The van der Waals surface area contributed by atoms with Crippen LogP contribution in [0.25, 0.3) is 22.2 Å². The van der Waals surface area contributed by atoms with Gasteiger partial charge in [0.15, 0.2) is 0 Å². The van der Waals surface area contributed by atoms with Gasteiger partial charge >= 0.3 is 0 Å². The van der Waals surface area contributed by atoms with Crippen LogP contribution in [0.4, 0.5) is 15.9 Å². The minimum Gasteiger partial charge on any atom is -0.484 e. The highest BCUT2D eigenvalue weighted by molar-refractivity contribution is 14.1. The third-order valence-corrected chi connectivity index (χ3v) is 5.57. The fourth-order valence-corrected chi connectivity index (χ4v) is 4.03. The summed E-state index contributed by atoms with van der Waals surface area (Å²) in [5.74, 6) is 0.656. The van der Waals surface area contributed by atoms with Gasteiger partial charge in [0.05, 0.1) is 20.2 Å². The number of fused-ring (bicyclic) bond motifs is 1. The molecule has 148 valence electrons. The molecule has 1 atom stereocenters. The summed E-state index contributed by atoms with van der Waals surface area (Å²) in [6, 6.07) is 11.7. The van der Waals surface area contributed by atoms with Gasteiger partial charge in [-0.25, -0.2) is 9.37 Å². The van der Waals surface area contributed by atoms with E-state index in [9.17, 15) is 4.39 Å². The Kier molecular flexibility index (Phi) is 5.03. The number of hydrogen-bond donors (Lipinski definition) is 2. The molecule has 0 aliphatic heterocycles. The summed E-state index contributed by atoms with van der Waals surface area (Å²) < 4.78 is 22.0. The number of hydrogen-bond acceptors (Lipinski definition) is 5. The minimum absolute atomic E-state index is 0.287. The Labute approximate surface area is 180 Å². The van der Waals surface area contributed by atoms with Crippen molar-refractivity contribution in [3.63, 3.8) is 0 Å². The molecular formula is C21H19FIN5O. The lowest BCUT2D eigenvalue weighted by molar-refractivity contribution is 0.228. The first-order valence-corrected chi connectivity index (χ1v) is 10.0. The van der Waals surface area contributed by atoms with Gasteiger partial charge in [0.2, 0.25) is 0 Å². The molecule has 8 heteroatoms. The van der Waals surface area contributed by atoms with Crippen LogP contribution in [0, 0.1) is 9.39 Å². The van der Waals surface area contributed by atoms with E-state index in [1.807, 2.05) is 26.1 Å². The van der Waals surface area contributed by atoms with E-state index in [0.29, 0.717) is 22.9 Å². The highest BCUT2D eigenvalue weighted by Crippen LogP contribution is 2.37. The highest BCUT2D eigenvalue weighted by atomic mass is 127. The predicted molar refractivity (Wildman–Crippen MR) is 121 cm³/mol. The predicted octanol–water partition coefficient (Wildman–Crippen LogP) is 4.68. The zero-order valence-corrected chi connectivity index (χ0v) is 18.0. The van der Waals surface area contributed by atoms with Crippen molar-refractivity contribution in [2.45, 2.75) is 13.0 Å². The molecule has 0 aliphatic carbocycles. The van der Waals surface area contributed by atoms with Crippen molar-refractivity contribution in [2.24, 2.45) is 7.05 Å². The summed E-state index contributed by atoms with van der Waals surface area (Å²) in [5.41, 5.74) is 16.1. The number of aromatic nitrogens is 3. The van der Waals surface area contributed by atoms with Crippen LogP contribution in [0.2, 0.25) is 0 Å². The van der Waals surface area contributed by atoms with Crippen molar-refractivity contribution in [2.75, 3.05) is 11.5 Å². The van der Waals surface area contributed by atoms with E-state index >= 15 is 0 Å². The largest absolute Gasteiger partial charge is 0.484 e. The first kappa shape index (κ1) is 19.4. The first-order valence-electron chi connectivity index (χ1n) is 8.94. The van der Waals surface area contributed by atoms with Crippen molar-refractivity contribution in [3.05, 3.63) is 63.6 Å². The zero-order valence-electron chi connectivity index (χ0n) is 15.9. The van der Waals surface area contributed by atoms with Crippen molar-refractivity contribution in [1.82, 2.24) is 14.8 Å². The van der Waals surface area contributed by atoms with Crippen molar-refractivity contribution in [3.8, 4) is 17.0 Å². The van der Waals surface area contributed by atoms with Crippen LogP contribution < -0.4 is 16.2 Å². The van der Waals surface area contributed by atoms with Gasteiger partial charge < -0.3 is 16.2 Å². The molecule has 0 radical (unpaired) electrons. The maximum absolute atomic E-state index is 13.2. The van der Waals surface area contributed by atoms with Crippen LogP contribution in [-0.4, -0.2) is 14.8 Å². The Hall–Kier alpha value is -2.88. The molecule has 2 aromatic carbocycles. The summed E-state index contributed by atoms with van der Waals surface area (Å²) >= 11 is 2.22. The van der Waals surface area contributed by atoms with Gasteiger partial charge in [-0.3, -0.25) is 4.68 Å². The molecule has 4 aromatic rings. The van der Waals surface area contributed by atoms with Gasteiger partial charge in [0.1, 0.15) is 29.2 Å². The second kappa shape index (κ2) is 7.51. The average molecular weight is 503 g/mol. The Morgan fingerprint density at radius 3 is 2.59 bits per heavy atom. The molecule has 6 nitrogen and oxygen atoms in total. The number of ether oxygens (including phenoxy) is 1. The Balaban J connectivity index is 1.75. The van der Waals surface area contributed by atoms with E-state index in [2.05, 4.69) is 32.7 Å². The maximum atomic E-state index is 13.2. The zero-order chi connectivity index (χ0) is 20.7. The third-order valence-electron chi connectivity index (χ3n) is 4.78. The van der Waals surface area contributed by atoms with Gasteiger partial charge in [-0.05, 0) is 59.3 Å². The summed E-state index contributed by atoms with van der Waals surface area (Å²) in [6.45, 7) is 1.89. The second-order valence-corrected chi connectivity index (χ2v) is 7.91. The van der Waals surface area contributed by atoms with Crippen LogP contribution in [0.15, 0.2) is 48.7 Å². The number of nitrogens with two attached hydrogens (primary N) is 2. The van der Waals surface area contributed by atoms with Crippen LogP contribution in [0.5, 0.6) is 5.75 Å². The molecule has 4 rings (SSSR count). The van der Waals surface area contributed by atoms with Gasteiger partial charge in [0, 0.05) is 18.8 Å². The Morgan fingerprint density at radius 2 is 1.86 bits per heavy atom. The number of aryl methyl sites for hydroxylation is 1. The van der Waals surface area contributed by atoms with E-state index < -0.39 is 0 Å². The smallest absolute Gasteiger partial charge is 0.143 e. The minimum atomic E-state index is -0.304. The van der Waals surface area contributed by atoms with Crippen LogP contribution >= 0.6 is 22.6 Å². The van der Waals surface area contributed by atoms with E-state index in [0.717, 1.165) is 25.6 Å². The van der Waals surface area contributed by atoms with E-state index in [4.69, 9.17) is 16.2 Å². The van der Waals surface area contributed by atoms with Crippen LogP contribution in [0.3, 0.4) is 0 Å². The molecular weight excluding hydrogens is 484 g/mol. The third kappa shape index (κ3) is 3.59. The molecule has 0 saturated heterocycles. The normalized spacial score (nSPS) is 12.3. The van der Waals surface area contributed by atoms with Crippen molar-refractivity contribution < 1.29 is 9.13 Å². The topological polar surface area (TPSA) is 92.0 Å². The summed E-state index contributed by atoms with van der Waals surface area (Å²) in [7, 11) is 1.87. The van der Waals surface area contributed by atoms with Crippen molar-refractivity contribution >= 4 is 45.0 Å². The number of pyridine rings is 1. The number of rotatable bonds is 4. The second-order valence-electron chi connectivity index (χ2n) is 6.75. The Bertz CT molecular complexity index is 1210. The molecule has 29 heavy (non-hydrogen) atoms. The molecule has 4 N–H and O–H groups in total. The number of nitrogen functional groups attached to an aromatic ring is 2. The molecule has 0 aliphatic rings. The molecule has 2 heterocycles. The molecule has 2 aromatic heterocycles. The monoisotopic (exact) mass is 503 g/mol. The van der Waals surface area contributed by atoms with Crippen LogP contribution in [-0.2, 0) is 7.05 Å². The quantitative estimate of drug-likeness (QED) is 0.312. The Morgan fingerprint density at radius 1 is 1.14 bits per heavy atom. The van der Waals surface area contributed by atoms with Gasteiger partial charge in [-0.15, -0.1) is 0 Å². The lowest BCUT2D eigenvalue weighted by atomic mass is 10.1. The standard InChI is InChI=1S/C21H19FIN5O/c1-11(12-3-6-14(22)7-4-12)29-17-9-13(5-8-16(17)24)19-18-20(28(2)27-19)15(23)10-26-21(18)25/h3-11H,24H2,1-2H3,(H2,25,26)/t11-/m0/s1. The number of halogens is 2. The van der Waals surface area contributed by atoms with Crippen LogP contribution in [0.1, 0.15) is 18.6 Å². The first-order chi connectivity index (χ1) is 13.8. The number of anilines is 2. The molecule has 0 saturated carbocycles. The lowest BCUT2D eigenvalue weighted by Gasteiger charge is -2.17. The molecule has 0 unspecified atom stereocenters. The average Bonchev–Trinajstić information content (AvgIpc) is 3.05. The van der Waals surface area contributed by atoms with Crippen molar-refractivity contribution in [1.29, 1.82) is 0 Å². The molecule has 0 spiro atoms. The van der Waals surface area contributed by atoms with E-state index in [1.54, 1.807) is 29.1 Å². The fourth-order valence-electron chi connectivity index (χ4n) is 3.27. The summed E-state index contributed by atoms with van der Waals surface area (Å²) in [4.78, 5) is 4.27. The van der Waals surface area contributed by atoms with Gasteiger partial charge in [-0.1, -0.05) is 18.2 Å². The molecule has 0 fully saturated rings. The van der Waals surface area contributed by atoms with E-state index in [1.165, 1.54) is 12.1 Å². The molecule has 0 amide bonds. The molecule has 0 bridgehead atoms. The van der Waals surface area contributed by atoms with Gasteiger partial charge in [0.25, 0.3) is 0 Å². The fraction of sp³-hybridized carbons (Fsp3) is 0.143. The summed E-state index contributed by atoms with van der Waals surface area (Å²) in [6.07, 6.45) is 1.42. The van der Waals surface area contributed by atoms with E-state index in [-0.39, 0.29) is 11.9 Å². The lowest BCUT2D eigenvalue weighted by Crippen LogP contribution is -2.05. The number of benzene rings is 2. The number of nitrogens with zero attached hydrogens (tertiary/aromatic N) is 3. The summed E-state index contributed by atoms with van der Waals surface area (Å²) in [5, 5.41) is 5.45. The maximum Gasteiger partial charge on any atom is 0.143 e.